The standard InChI is InChI=1S/C10H12F3NO2/c11-10(12,13)9(14)5-8(16)6-3-1-2-4-7(6)15/h1-4,8-9,15-16H,5,14H2/t8-,9+/m0/s1. The predicted octanol–water partition coefficient (Wildman–Crippen LogP) is 1.71. The second kappa shape index (κ2) is 4.71. The number of phenols is 1. The Kier molecular flexibility index (Phi) is 3.77. The number of aromatic hydroxyl groups is 1. The van der Waals surface area contributed by atoms with Crippen molar-refractivity contribution in [1.82, 2.24) is 0 Å². The molecule has 0 saturated carbocycles. The van der Waals surface area contributed by atoms with Gasteiger partial charge in [0.1, 0.15) is 11.8 Å². The van der Waals surface area contributed by atoms with E-state index in [1.165, 1.54) is 24.3 Å². The largest absolute Gasteiger partial charge is 0.508 e. The number of para-hydroxylation sites is 1. The monoisotopic (exact) mass is 235 g/mol. The minimum Gasteiger partial charge on any atom is -0.508 e. The van der Waals surface area contributed by atoms with Gasteiger partial charge in [-0.15, -0.1) is 0 Å². The lowest BCUT2D eigenvalue weighted by molar-refractivity contribution is -0.153. The van der Waals surface area contributed by atoms with E-state index in [0.717, 1.165) is 0 Å². The van der Waals surface area contributed by atoms with Crippen molar-refractivity contribution >= 4 is 0 Å². The number of aliphatic hydroxyl groups excluding tert-OH is 1. The predicted molar refractivity (Wildman–Crippen MR) is 51.7 cm³/mol. The van der Waals surface area contributed by atoms with Gasteiger partial charge in [0.15, 0.2) is 0 Å². The van der Waals surface area contributed by atoms with E-state index in [1.807, 2.05) is 0 Å². The van der Waals surface area contributed by atoms with E-state index in [-0.39, 0.29) is 11.3 Å². The van der Waals surface area contributed by atoms with E-state index in [4.69, 9.17) is 5.73 Å². The van der Waals surface area contributed by atoms with Crippen molar-refractivity contribution in [2.75, 3.05) is 0 Å². The summed E-state index contributed by atoms with van der Waals surface area (Å²) in [7, 11) is 0. The van der Waals surface area contributed by atoms with Crippen molar-refractivity contribution in [1.29, 1.82) is 0 Å². The van der Waals surface area contributed by atoms with Crippen LogP contribution >= 0.6 is 0 Å². The summed E-state index contributed by atoms with van der Waals surface area (Å²) in [6.07, 6.45) is -6.66. The number of rotatable bonds is 3. The van der Waals surface area contributed by atoms with E-state index in [2.05, 4.69) is 0 Å². The number of aliphatic hydroxyl groups is 1. The van der Waals surface area contributed by atoms with Gasteiger partial charge in [0, 0.05) is 12.0 Å². The normalized spacial score (nSPS) is 15.8. The zero-order valence-corrected chi connectivity index (χ0v) is 8.28. The minimum atomic E-state index is -4.55. The SMILES string of the molecule is N[C@H](C[C@H](O)c1ccccc1O)C(F)(F)F. The molecule has 0 bridgehead atoms. The molecule has 0 aliphatic carbocycles. The molecule has 4 N–H and O–H groups in total. The summed E-state index contributed by atoms with van der Waals surface area (Å²) in [5.74, 6) is -0.246. The van der Waals surface area contributed by atoms with Crippen molar-refractivity contribution in [3.8, 4) is 5.75 Å². The molecule has 0 heterocycles. The maximum Gasteiger partial charge on any atom is 0.403 e. The lowest BCUT2D eigenvalue weighted by Crippen LogP contribution is -2.38. The molecule has 0 aromatic heterocycles. The summed E-state index contributed by atoms with van der Waals surface area (Å²) in [6, 6.07) is 3.55. The number of alkyl halides is 3. The molecule has 0 fully saturated rings. The first-order chi connectivity index (χ1) is 7.32. The fraction of sp³-hybridized carbons (Fsp3) is 0.400. The highest BCUT2D eigenvalue weighted by Gasteiger charge is 2.38. The van der Waals surface area contributed by atoms with Crippen LogP contribution in [-0.2, 0) is 0 Å². The maximum absolute atomic E-state index is 12.1. The Bertz CT molecular complexity index is 354. The zero-order valence-electron chi connectivity index (χ0n) is 8.28. The minimum absolute atomic E-state index is 0.0437. The molecule has 0 aliphatic heterocycles. The molecule has 0 unspecified atom stereocenters. The fourth-order valence-electron chi connectivity index (χ4n) is 1.27. The average molecular weight is 235 g/mol. The van der Waals surface area contributed by atoms with Gasteiger partial charge in [-0.05, 0) is 6.07 Å². The van der Waals surface area contributed by atoms with Crippen LogP contribution in [0.5, 0.6) is 5.75 Å². The first-order valence-corrected chi connectivity index (χ1v) is 4.60. The Labute approximate surface area is 90.3 Å². The summed E-state index contributed by atoms with van der Waals surface area (Å²) in [6.45, 7) is 0. The van der Waals surface area contributed by atoms with Crippen LogP contribution in [0.15, 0.2) is 24.3 Å². The quantitative estimate of drug-likeness (QED) is 0.747. The van der Waals surface area contributed by atoms with Crippen molar-refractivity contribution in [2.45, 2.75) is 24.7 Å². The van der Waals surface area contributed by atoms with E-state index in [1.54, 1.807) is 0 Å². The van der Waals surface area contributed by atoms with Crippen LogP contribution < -0.4 is 5.73 Å². The Hall–Kier alpha value is -1.27. The van der Waals surface area contributed by atoms with Gasteiger partial charge in [-0.25, -0.2) is 0 Å². The van der Waals surface area contributed by atoms with Gasteiger partial charge >= 0.3 is 6.18 Å². The topological polar surface area (TPSA) is 66.5 Å². The van der Waals surface area contributed by atoms with Gasteiger partial charge in [0.25, 0.3) is 0 Å². The first kappa shape index (κ1) is 12.8. The number of halogens is 3. The average Bonchev–Trinajstić information content (AvgIpc) is 2.16. The molecular formula is C10H12F3NO2. The molecule has 0 radical (unpaired) electrons. The van der Waals surface area contributed by atoms with Crippen LogP contribution in [0.4, 0.5) is 13.2 Å². The molecule has 2 atom stereocenters. The molecule has 16 heavy (non-hydrogen) atoms. The third-order valence-corrected chi connectivity index (χ3v) is 2.19. The molecule has 0 saturated heterocycles. The van der Waals surface area contributed by atoms with Crippen LogP contribution in [0, 0.1) is 0 Å². The van der Waals surface area contributed by atoms with Crippen LogP contribution in [-0.4, -0.2) is 22.4 Å². The van der Waals surface area contributed by atoms with Crippen molar-refractivity contribution in [2.24, 2.45) is 5.73 Å². The summed E-state index contributed by atoms with van der Waals surface area (Å²) < 4.78 is 36.4. The van der Waals surface area contributed by atoms with Gasteiger partial charge in [0.05, 0.1) is 6.10 Å². The summed E-state index contributed by atoms with van der Waals surface area (Å²) in [5, 5.41) is 18.8. The Balaban J connectivity index is 2.73. The smallest absolute Gasteiger partial charge is 0.403 e. The molecular weight excluding hydrogens is 223 g/mol. The van der Waals surface area contributed by atoms with Gasteiger partial charge in [-0.2, -0.15) is 13.2 Å². The van der Waals surface area contributed by atoms with Gasteiger partial charge in [-0.1, -0.05) is 18.2 Å². The third kappa shape index (κ3) is 3.11. The summed E-state index contributed by atoms with van der Waals surface area (Å²) in [4.78, 5) is 0. The van der Waals surface area contributed by atoms with Crippen molar-refractivity contribution in [3.63, 3.8) is 0 Å². The summed E-state index contributed by atoms with van der Waals surface area (Å²) in [5.41, 5.74) is 4.92. The van der Waals surface area contributed by atoms with Gasteiger partial charge < -0.3 is 15.9 Å². The van der Waals surface area contributed by atoms with Crippen LogP contribution in [0.25, 0.3) is 0 Å². The van der Waals surface area contributed by atoms with Crippen LogP contribution in [0.3, 0.4) is 0 Å². The lowest BCUT2D eigenvalue weighted by Gasteiger charge is -2.19. The fourth-order valence-corrected chi connectivity index (χ4v) is 1.27. The highest BCUT2D eigenvalue weighted by atomic mass is 19.4. The van der Waals surface area contributed by atoms with Crippen molar-refractivity contribution < 1.29 is 23.4 Å². The van der Waals surface area contributed by atoms with E-state index < -0.39 is 24.7 Å². The lowest BCUT2D eigenvalue weighted by atomic mass is 10.0. The van der Waals surface area contributed by atoms with Gasteiger partial charge in [-0.3, -0.25) is 0 Å². The third-order valence-electron chi connectivity index (χ3n) is 2.19. The second-order valence-corrected chi connectivity index (χ2v) is 3.46. The molecule has 0 spiro atoms. The molecule has 3 nitrogen and oxygen atoms in total. The molecule has 90 valence electrons. The number of benzene rings is 1. The van der Waals surface area contributed by atoms with E-state index in [9.17, 15) is 23.4 Å². The van der Waals surface area contributed by atoms with E-state index >= 15 is 0 Å². The van der Waals surface area contributed by atoms with Crippen LogP contribution in [0.2, 0.25) is 0 Å². The number of hydrogen-bond acceptors (Lipinski definition) is 3. The molecule has 0 aliphatic rings. The highest BCUT2D eigenvalue weighted by Crippen LogP contribution is 2.30. The molecule has 1 aromatic rings. The Morgan fingerprint density at radius 2 is 1.81 bits per heavy atom. The summed E-state index contributed by atoms with van der Waals surface area (Å²) >= 11 is 0. The second-order valence-electron chi connectivity index (χ2n) is 3.46. The van der Waals surface area contributed by atoms with Crippen LogP contribution in [0.1, 0.15) is 18.1 Å². The number of hydrogen-bond donors (Lipinski definition) is 3. The Morgan fingerprint density at radius 1 is 1.25 bits per heavy atom. The molecule has 1 rings (SSSR count). The maximum atomic E-state index is 12.1. The zero-order chi connectivity index (χ0) is 12.3. The Morgan fingerprint density at radius 3 is 2.31 bits per heavy atom. The van der Waals surface area contributed by atoms with Crippen molar-refractivity contribution in [3.05, 3.63) is 29.8 Å². The van der Waals surface area contributed by atoms with Gasteiger partial charge in [0.2, 0.25) is 0 Å². The number of nitrogens with two attached hydrogens (primary N) is 1. The molecule has 0 amide bonds. The molecule has 1 aromatic carbocycles. The first-order valence-electron chi connectivity index (χ1n) is 4.60. The molecule has 6 heteroatoms. The highest BCUT2D eigenvalue weighted by molar-refractivity contribution is 5.33. The van der Waals surface area contributed by atoms with E-state index in [0.29, 0.717) is 0 Å². The number of phenolic OH excluding ortho intramolecular Hbond substituents is 1.